The zero-order valence-electron chi connectivity index (χ0n) is 18.5. The molecule has 1 aromatic carbocycles. The van der Waals surface area contributed by atoms with Gasteiger partial charge in [-0.1, -0.05) is 0 Å². The third kappa shape index (κ3) is 5.55. The van der Waals surface area contributed by atoms with Crippen LogP contribution in [-0.2, 0) is 20.8 Å². The molecule has 31 heavy (non-hydrogen) atoms. The highest BCUT2D eigenvalue weighted by Gasteiger charge is 2.21. The van der Waals surface area contributed by atoms with Gasteiger partial charge in [-0.25, -0.2) is 4.79 Å². The zero-order chi connectivity index (χ0) is 22.4. The second kappa shape index (κ2) is 10.3. The van der Waals surface area contributed by atoms with Crippen LogP contribution in [0, 0.1) is 13.8 Å². The van der Waals surface area contributed by atoms with E-state index in [9.17, 15) is 9.59 Å². The average Bonchev–Trinajstić information content (AvgIpc) is 3.39. The van der Waals surface area contributed by atoms with E-state index < -0.39 is 5.97 Å². The summed E-state index contributed by atoms with van der Waals surface area (Å²) in [6, 6.07) is 7.11. The highest BCUT2D eigenvalue weighted by atomic mass is 16.5. The van der Waals surface area contributed by atoms with Gasteiger partial charge in [0.15, 0.2) is 6.61 Å². The van der Waals surface area contributed by atoms with Gasteiger partial charge in [0, 0.05) is 41.7 Å². The second-order valence-corrected chi connectivity index (χ2v) is 7.50. The van der Waals surface area contributed by atoms with Gasteiger partial charge in [-0.2, -0.15) is 0 Å². The summed E-state index contributed by atoms with van der Waals surface area (Å²) in [7, 11) is 3.11. The molecule has 166 valence electrons. The molecule has 3 rings (SSSR count). The van der Waals surface area contributed by atoms with Crippen LogP contribution in [0.3, 0.4) is 0 Å². The van der Waals surface area contributed by atoms with Gasteiger partial charge in [0.05, 0.1) is 20.3 Å². The molecule has 7 nitrogen and oxygen atoms in total. The minimum atomic E-state index is -0.605. The summed E-state index contributed by atoms with van der Waals surface area (Å²) in [6.07, 6.45) is 5.13. The number of rotatable bonds is 9. The zero-order valence-corrected chi connectivity index (χ0v) is 18.5. The molecule has 0 spiro atoms. The minimum absolute atomic E-state index is 0.185. The van der Waals surface area contributed by atoms with E-state index in [2.05, 4.69) is 4.57 Å². The maximum atomic E-state index is 12.6. The molecule has 1 aliphatic rings. The van der Waals surface area contributed by atoms with E-state index in [0.717, 1.165) is 37.4 Å². The predicted octanol–water partition coefficient (Wildman–Crippen LogP) is 3.74. The number of carbonyl (C=O) groups is 2. The average molecular weight is 427 g/mol. The highest BCUT2D eigenvalue weighted by molar-refractivity contribution is 6.00. The van der Waals surface area contributed by atoms with Crippen LogP contribution in [0.2, 0.25) is 0 Å². The number of methoxy groups -OCH3 is 2. The molecule has 1 atom stereocenters. The smallest absolute Gasteiger partial charge is 0.331 e. The number of benzene rings is 1. The number of hydrogen-bond acceptors (Lipinski definition) is 6. The van der Waals surface area contributed by atoms with Gasteiger partial charge >= 0.3 is 5.97 Å². The molecule has 0 unspecified atom stereocenters. The molecule has 2 heterocycles. The quantitative estimate of drug-likeness (QED) is 0.345. The lowest BCUT2D eigenvalue weighted by atomic mass is 10.1. The lowest BCUT2D eigenvalue weighted by Crippen LogP contribution is -2.18. The van der Waals surface area contributed by atoms with E-state index in [1.807, 2.05) is 19.9 Å². The van der Waals surface area contributed by atoms with Crippen molar-refractivity contribution in [3.63, 3.8) is 0 Å². The number of aryl methyl sites for hydroxylation is 1. The molecule has 1 aliphatic heterocycles. The third-order valence-electron chi connectivity index (χ3n) is 5.47. The Hall–Kier alpha value is -3.06. The van der Waals surface area contributed by atoms with Crippen molar-refractivity contribution < 1.29 is 28.5 Å². The molecule has 2 aromatic rings. The Kier molecular flexibility index (Phi) is 7.52. The van der Waals surface area contributed by atoms with Gasteiger partial charge in [0.1, 0.15) is 11.5 Å². The molecule has 7 heteroatoms. The van der Waals surface area contributed by atoms with Crippen molar-refractivity contribution in [2.45, 2.75) is 39.3 Å². The largest absolute Gasteiger partial charge is 0.497 e. The minimum Gasteiger partial charge on any atom is -0.497 e. The Morgan fingerprint density at radius 1 is 1.19 bits per heavy atom. The van der Waals surface area contributed by atoms with Gasteiger partial charge in [-0.15, -0.1) is 0 Å². The van der Waals surface area contributed by atoms with Gasteiger partial charge in [-0.3, -0.25) is 4.79 Å². The van der Waals surface area contributed by atoms with Gasteiger partial charge < -0.3 is 23.5 Å². The summed E-state index contributed by atoms with van der Waals surface area (Å²) in [5.74, 6) is 0.403. The number of carbonyl (C=O) groups excluding carboxylic acids is 2. The van der Waals surface area contributed by atoms with E-state index in [1.54, 1.807) is 38.5 Å². The third-order valence-corrected chi connectivity index (χ3v) is 5.47. The lowest BCUT2D eigenvalue weighted by Gasteiger charge is -2.14. The normalized spacial score (nSPS) is 15.9. The van der Waals surface area contributed by atoms with E-state index in [0.29, 0.717) is 22.6 Å². The van der Waals surface area contributed by atoms with Crippen LogP contribution in [0.1, 0.15) is 40.2 Å². The lowest BCUT2D eigenvalue weighted by molar-refractivity contribution is -0.136. The van der Waals surface area contributed by atoms with Crippen LogP contribution in [0.25, 0.3) is 6.08 Å². The maximum absolute atomic E-state index is 12.6. The molecule has 0 saturated carbocycles. The van der Waals surface area contributed by atoms with Crippen molar-refractivity contribution in [2.75, 3.05) is 27.4 Å². The van der Waals surface area contributed by atoms with E-state index >= 15 is 0 Å². The summed E-state index contributed by atoms with van der Waals surface area (Å²) in [6.45, 7) is 5.08. The van der Waals surface area contributed by atoms with Gasteiger partial charge in [0.2, 0.25) is 5.78 Å². The summed E-state index contributed by atoms with van der Waals surface area (Å²) in [5, 5.41) is 0. The van der Waals surface area contributed by atoms with Crippen LogP contribution >= 0.6 is 0 Å². The Morgan fingerprint density at radius 3 is 2.68 bits per heavy atom. The van der Waals surface area contributed by atoms with E-state index in [4.69, 9.17) is 18.9 Å². The number of hydrogen-bond donors (Lipinski definition) is 0. The molecule has 0 aliphatic carbocycles. The first-order valence-electron chi connectivity index (χ1n) is 10.3. The van der Waals surface area contributed by atoms with Crippen molar-refractivity contribution in [1.82, 2.24) is 4.57 Å². The van der Waals surface area contributed by atoms with Crippen molar-refractivity contribution in [2.24, 2.45) is 0 Å². The SMILES string of the molecule is COc1ccc(OC)c(/C=C/C(=O)OCC(=O)c2cc(C)n(C[C@@H]3CCCO3)c2C)c1. The van der Waals surface area contributed by atoms with Crippen LogP contribution < -0.4 is 9.47 Å². The van der Waals surface area contributed by atoms with Crippen LogP contribution in [0.5, 0.6) is 11.5 Å². The number of ether oxygens (including phenoxy) is 4. The molecule has 0 N–H and O–H groups in total. The Morgan fingerprint density at radius 2 is 2.00 bits per heavy atom. The summed E-state index contributed by atoms with van der Waals surface area (Å²) >= 11 is 0. The Labute approximate surface area is 182 Å². The second-order valence-electron chi connectivity index (χ2n) is 7.50. The predicted molar refractivity (Wildman–Crippen MR) is 117 cm³/mol. The Balaban J connectivity index is 1.60. The Bertz CT molecular complexity index is 969. The first-order valence-corrected chi connectivity index (χ1v) is 10.3. The molecule has 1 fully saturated rings. The van der Waals surface area contributed by atoms with Crippen molar-refractivity contribution in [3.05, 3.63) is 52.9 Å². The van der Waals surface area contributed by atoms with Crippen molar-refractivity contribution in [3.8, 4) is 11.5 Å². The van der Waals surface area contributed by atoms with Crippen molar-refractivity contribution >= 4 is 17.8 Å². The van der Waals surface area contributed by atoms with Crippen LogP contribution in [-0.4, -0.2) is 49.9 Å². The molecule has 0 radical (unpaired) electrons. The topological polar surface area (TPSA) is 76.0 Å². The molecule has 0 amide bonds. The molecular weight excluding hydrogens is 398 g/mol. The fraction of sp³-hybridized carbons (Fsp3) is 0.417. The number of aromatic nitrogens is 1. The monoisotopic (exact) mass is 427 g/mol. The van der Waals surface area contributed by atoms with E-state index in [1.165, 1.54) is 6.08 Å². The summed E-state index contributed by atoms with van der Waals surface area (Å²) < 4.78 is 23.5. The maximum Gasteiger partial charge on any atom is 0.331 e. The molecule has 0 bridgehead atoms. The molecule has 1 saturated heterocycles. The first-order chi connectivity index (χ1) is 14.9. The first kappa shape index (κ1) is 22.6. The number of nitrogens with zero attached hydrogens (tertiary/aromatic N) is 1. The molecular formula is C24H29NO6. The summed E-state index contributed by atoms with van der Waals surface area (Å²) in [4.78, 5) is 24.8. The van der Waals surface area contributed by atoms with Crippen molar-refractivity contribution in [1.29, 1.82) is 0 Å². The van der Waals surface area contributed by atoms with Gasteiger partial charge in [-0.05, 0) is 57.0 Å². The van der Waals surface area contributed by atoms with Gasteiger partial charge in [0.25, 0.3) is 0 Å². The summed E-state index contributed by atoms with van der Waals surface area (Å²) in [5.41, 5.74) is 3.10. The fourth-order valence-corrected chi connectivity index (χ4v) is 3.75. The van der Waals surface area contributed by atoms with Crippen LogP contribution in [0.15, 0.2) is 30.3 Å². The number of Topliss-reactive ketones (excluding diaryl/α,β-unsaturated/α-hetero) is 1. The molecule has 1 aromatic heterocycles. The number of ketones is 1. The highest BCUT2D eigenvalue weighted by Crippen LogP contribution is 2.25. The fourth-order valence-electron chi connectivity index (χ4n) is 3.75. The van der Waals surface area contributed by atoms with Crippen LogP contribution in [0.4, 0.5) is 0 Å². The standard InChI is InChI=1S/C24H29NO6/c1-16-12-21(17(2)25(16)14-20-6-5-11-30-20)22(26)15-31-24(27)10-7-18-13-19(28-3)8-9-23(18)29-4/h7-10,12-13,20H,5-6,11,14-15H2,1-4H3/b10-7+/t20-/m0/s1. The number of esters is 1. The van der Waals surface area contributed by atoms with E-state index in [-0.39, 0.29) is 18.5 Å².